The zero-order valence-corrected chi connectivity index (χ0v) is 9.43. The Hall–Kier alpha value is -0.860. The first-order valence-electron chi connectivity index (χ1n) is 6.21. The monoisotopic (exact) mass is 218 g/mol. The van der Waals surface area contributed by atoms with Crippen LogP contribution in [-0.2, 0) is 4.74 Å². The van der Waals surface area contributed by atoms with Crippen molar-refractivity contribution in [1.82, 2.24) is 0 Å². The molecule has 2 unspecified atom stereocenters. The van der Waals surface area contributed by atoms with Crippen molar-refractivity contribution in [2.75, 3.05) is 13.2 Å². The Morgan fingerprint density at radius 3 is 2.69 bits per heavy atom. The molecule has 1 aliphatic heterocycles. The lowest BCUT2D eigenvalue weighted by molar-refractivity contribution is 0.0911. The van der Waals surface area contributed by atoms with Crippen molar-refractivity contribution in [2.45, 2.75) is 31.3 Å². The van der Waals surface area contributed by atoms with E-state index in [1.807, 2.05) is 6.07 Å². The first-order chi connectivity index (χ1) is 7.86. The Kier molecular flexibility index (Phi) is 2.70. The lowest BCUT2D eigenvalue weighted by atomic mass is 9.90. The highest BCUT2D eigenvalue weighted by atomic mass is 16.5. The summed E-state index contributed by atoms with van der Waals surface area (Å²) in [7, 11) is 0. The van der Waals surface area contributed by atoms with Crippen molar-refractivity contribution in [3.8, 4) is 0 Å². The standard InChI is InChI=1S/C14H18O2/c15-14(11-7-8-16-9-11)13-4-2-1-3-12(13)10-5-6-10/h1-4,10-11,14-15H,5-9H2. The highest BCUT2D eigenvalue weighted by Crippen LogP contribution is 2.44. The highest BCUT2D eigenvalue weighted by Gasteiger charge is 2.31. The first-order valence-corrected chi connectivity index (χ1v) is 6.21. The minimum absolute atomic E-state index is 0.292. The second kappa shape index (κ2) is 4.19. The maximum atomic E-state index is 10.4. The van der Waals surface area contributed by atoms with E-state index in [0.717, 1.165) is 18.6 Å². The van der Waals surface area contributed by atoms with E-state index in [1.54, 1.807) is 0 Å². The van der Waals surface area contributed by atoms with E-state index >= 15 is 0 Å². The molecular formula is C14H18O2. The fraction of sp³-hybridized carbons (Fsp3) is 0.571. The molecule has 3 rings (SSSR count). The van der Waals surface area contributed by atoms with E-state index in [1.165, 1.54) is 18.4 Å². The number of aliphatic hydroxyl groups is 1. The maximum Gasteiger partial charge on any atom is 0.0843 e. The molecule has 1 N–H and O–H groups in total. The van der Waals surface area contributed by atoms with Crippen LogP contribution < -0.4 is 0 Å². The van der Waals surface area contributed by atoms with Gasteiger partial charge in [-0.25, -0.2) is 0 Å². The van der Waals surface area contributed by atoms with Crippen LogP contribution in [0.1, 0.15) is 42.4 Å². The molecule has 2 fully saturated rings. The molecule has 2 atom stereocenters. The topological polar surface area (TPSA) is 29.5 Å². The summed E-state index contributed by atoms with van der Waals surface area (Å²) in [6.07, 6.45) is 3.22. The smallest absolute Gasteiger partial charge is 0.0843 e. The molecule has 1 aliphatic carbocycles. The van der Waals surface area contributed by atoms with Crippen LogP contribution in [0.5, 0.6) is 0 Å². The Morgan fingerprint density at radius 2 is 2.00 bits per heavy atom. The van der Waals surface area contributed by atoms with Crippen LogP contribution in [0.3, 0.4) is 0 Å². The predicted molar refractivity (Wildman–Crippen MR) is 62.3 cm³/mol. The van der Waals surface area contributed by atoms with Crippen LogP contribution in [0, 0.1) is 5.92 Å². The van der Waals surface area contributed by atoms with Crippen LogP contribution in [0.15, 0.2) is 24.3 Å². The van der Waals surface area contributed by atoms with Crippen molar-refractivity contribution in [2.24, 2.45) is 5.92 Å². The molecule has 0 spiro atoms. The van der Waals surface area contributed by atoms with Gasteiger partial charge in [-0.1, -0.05) is 24.3 Å². The number of ether oxygens (including phenoxy) is 1. The van der Waals surface area contributed by atoms with Gasteiger partial charge in [0.25, 0.3) is 0 Å². The number of aliphatic hydroxyl groups excluding tert-OH is 1. The van der Waals surface area contributed by atoms with Crippen molar-refractivity contribution >= 4 is 0 Å². The van der Waals surface area contributed by atoms with Gasteiger partial charge in [-0.05, 0) is 36.3 Å². The fourth-order valence-electron chi connectivity index (χ4n) is 2.60. The third-order valence-electron chi connectivity index (χ3n) is 3.74. The van der Waals surface area contributed by atoms with Crippen LogP contribution in [-0.4, -0.2) is 18.3 Å². The van der Waals surface area contributed by atoms with Gasteiger partial charge in [0, 0.05) is 12.5 Å². The number of hydrogen-bond donors (Lipinski definition) is 1. The number of hydrogen-bond acceptors (Lipinski definition) is 2. The molecule has 0 aromatic heterocycles. The second-order valence-corrected chi connectivity index (χ2v) is 4.97. The molecule has 1 aromatic rings. The van der Waals surface area contributed by atoms with Gasteiger partial charge in [-0.15, -0.1) is 0 Å². The summed E-state index contributed by atoms with van der Waals surface area (Å²) in [5.74, 6) is 0.994. The first kappa shape index (κ1) is 10.3. The van der Waals surface area contributed by atoms with Crippen molar-refractivity contribution in [3.05, 3.63) is 35.4 Å². The Balaban J connectivity index is 1.86. The quantitative estimate of drug-likeness (QED) is 0.845. The SMILES string of the molecule is OC(c1ccccc1C1CC1)C1CCOC1. The molecule has 0 amide bonds. The van der Waals surface area contributed by atoms with Crippen molar-refractivity contribution in [1.29, 1.82) is 0 Å². The number of benzene rings is 1. The van der Waals surface area contributed by atoms with E-state index in [-0.39, 0.29) is 6.10 Å². The largest absolute Gasteiger partial charge is 0.388 e. The van der Waals surface area contributed by atoms with Crippen LogP contribution in [0.25, 0.3) is 0 Å². The average molecular weight is 218 g/mol. The molecule has 0 bridgehead atoms. The van der Waals surface area contributed by atoms with Gasteiger partial charge in [0.1, 0.15) is 0 Å². The van der Waals surface area contributed by atoms with Gasteiger partial charge in [0.2, 0.25) is 0 Å². The zero-order chi connectivity index (χ0) is 11.0. The molecule has 1 aromatic carbocycles. The Morgan fingerprint density at radius 1 is 1.19 bits per heavy atom. The zero-order valence-electron chi connectivity index (χ0n) is 9.43. The lowest BCUT2D eigenvalue weighted by Crippen LogP contribution is -2.14. The molecule has 1 saturated carbocycles. The van der Waals surface area contributed by atoms with Crippen LogP contribution >= 0.6 is 0 Å². The minimum Gasteiger partial charge on any atom is -0.388 e. The molecular weight excluding hydrogens is 200 g/mol. The normalized spacial score (nSPS) is 26.9. The highest BCUT2D eigenvalue weighted by molar-refractivity contribution is 5.35. The average Bonchev–Trinajstić information content (AvgIpc) is 3.03. The summed E-state index contributed by atoms with van der Waals surface area (Å²) in [5, 5.41) is 10.4. The minimum atomic E-state index is -0.334. The molecule has 0 radical (unpaired) electrons. The van der Waals surface area contributed by atoms with E-state index in [2.05, 4.69) is 18.2 Å². The maximum absolute atomic E-state index is 10.4. The molecule has 2 aliphatic rings. The van der Waals surface area contributed by atoms with Gasteiger partial charge >= 0.3 is 0 Å². The van der Waals surface area contributed by atoms with Crippen molar-refractivity contribution in [3.63, 3.8) is 0 Å². The summed E-state index contributed by atoms with van der Waals surface area (Å²) in [4.78, 5) is 0. The number of rotatable bonds is 3. The van der Waals surface area contributed by atoms with Gasteiger partial charge in [-0.3, -0.25) is 0 Å². The summed E-state index contributed by atoms with van der Waals surface area (Å²) >= 11 is 0. The summed E-state index contributed by atoms with van der Waals surface area (Å²) < 4.78 is 5.36. The van der Waals surface area contributed by atoms with Crippen molar-refractivity contribution < 1.29 is 9.84 Å². The van der Waals surface area contributed by atoms with Gasteiger partial charge in [-0.2, -0.15) is 0 Å². The van der Waals surface area contributed by atoms with E-state index in [9.17, 15) is 5.11 Å². The molecule has 2 nitrogen and oxygen atoms in total. The Bertz CT molecular complexity index is 365. The van der Waals surface area contributed by atoms with Gasteiger partial charge in [0.05, 0.1) is 12.7 Å². The molecule has 1 saturated heterocycles. The summed E-state index contributed by atoms with van der Waals surface area (Å²) in [5.41, 5.74) is 2.50. The lowest BCUT2D eigenvalue weighted by Gasteiger charge is -2.20. The second-order valence-electron chi connectivity index (χ2n) is 4.97. The van der Waals surface area contributed by atoms with E-state index in [4.69, 9.17) is 4.74 Å². The van der Waals surface area contributed by atoms with Crippen LogP contribution in [0.2, 0.25) is 0 Å². The summed E-state index contributed by atoms with van der Waals surface area (Å²) in [6.45, 7) is 1.51. The Labute approximate surface area is 96.2 Å². The van der Waals surface area contributed by atoms with Crippen LogP contribution in [0.4, 0.5) is 0 Å². The third kappa shape index (κ3) is 1.87. The predicted octanol–water partition coefficient (Wildman–Crippen LogP) is 2.63. The molecule has 86 valence electrons. The third-order valence-corrected chi connectivity index (χ3v) is 3.74. The molecule has 2 heteroatoms. The fourth-order valence-corrected chi connectivity index (χ4v) is 2.60. The molecule has 16 heavy (non-hydrogen) atoms. The van der Waals surface area contributed by atoms with E-state index in [0.29, 0.717) is 18.4 Å². The van der Waals surface area contributed by atoms with Gasteiger partial charge in [0.15, 0.2) is 0 Å². The molecule has 1 heterocycles. The van der Waals surface area contributed by atoms with Gasteiger partial charge < -0.3 is 9.84 Å². The van der Waals surface area contributed by atoms with E-state index < -0.39 is 0 Å². The summed E-state index contributed by atoms with van der Waals surface area (Å²) in [6, 6.07) is 8.36.